The molecule has 0 radical (unpaired) electrons. The minimum atomic E-state index is -0.987. The highest BCUT2D eigenvalue weighted by Gasteiger charge is 2.20. The second kappa shape index (κ2) is 8.74. The van der Waals surface area contributed by atoms with Crippen LogP contribution < -0.4 is 10.1 Å². The molecule has 25 heavy (non-hydrogen) atoms. The molecule has 2 rings (SSSR count). The number of carbonyl (C=O) groups excluding carboxylic acids is 2. The van der Waals surface area contributed by atoms with Gasteiger partial charge in [-0.25, -0.2) is 0 Å². The number of para-hydroxylation sites is 2. The van der Waals surface area contributed by atoms with Gasteiger partial charge >= 0.3 is 5.97 Å². The maximum Gasteiger partial charge on any atom is 0.311 e. The van der Waals surface area contributed by atoms with Crippen LogP contribution in [0.15, 0.2) is 42.5 Å². The van der Waals surface area contributed by atoms with Crippen molar-refractivity contribution in [3.8, 4) is 5.75 Å². The minimum absolute atomic E-state index is 0.120. The number of halogens is 2. The van der Waals surface area contributed by atoms with E-state index in [1.165, 1.54) is 14.0 Å². The lowest BCUT2D eigenvalue weighted by Crippen LogP contribution is -2.30. The predicted molar refractivity (Wildman–Crippen MR) is 97.3 cm³/mol. The Hall–Kier alpha value is -2.24. The Balaban J connectivity index is 1.97. The van der Waals surface area contributed by atoms with Crippen LogP contribution in [0, 0.1) is 0 Å². The summed E-state index contributed by atoms with van der Waals surface area (Å²) < 4.78 is 10.3. The van der Waals surface area contributed by atoms with Crippen LogP contribution in [-0.2, 0) is 20.7 Å². The summed E-state index contributed by atoms with van der Waals surface area (Å²) in [6.07, 6.45) is -1.11. The van der Waals surface area contributed by atoms with E-state index in [0.29, 0.717) is 27.0 Å². The number of ether oxygens (including phenoxy) is 2. The Bertz CT molecular complexity index is 759. The third-order valence-electron chi connectivity index (χ3n) is 3.43. The van der Waals surface area contributed by atoms with Crippen molar-refractivity contribution in [2.45, 2.75) is 19.4 Å². The van der Waals surface area contributed by atoms with Crippen LogP contribution in [0.3, 0.4) is 0 Å². The average molecular weight is 382 g/mol. The lowest BCUT2D eigenvalue weighted by atomic mass is 10.1. The Kier molecular flexibility index (Phi) is 6.67. The zero-order valence-electron chi connectivity index (χ0n) is 13.7. The number of hydrogen-bond acceptors (Lipinski definition) is 4. The van der Waals surface area contributed by atoms with Crippen LogP contribution in [0.1, 0.15) is 12.5 Å². The molecule has 0 aliphatic rings. The van der Waals surface area contributed by atoms with E-state index in [2.05, 4.69) is 5.32 Å². The van der Waals surface area contributed by atoms with E-state index in [1.807, 2.05) is 0 Å². The molecule has 0 saturated heterocycles. The lowest BCUT2D eigenvalue weighted by molar-refractivity contribution is -0.152. The number of rotatable bonds is 6. The van der Waals surface area contributed by atoms with E-state index in [0.717, 1.165) is 0 Å². The van der Waals surface area contributed by atoms with Gasteiger partial charge in [0.1, 0.15) is 5.75 Å². The third kappa shape index (κ3) is 5.11. The number of anilines is 1. The summed E-state index contributed by atoms with van der Waals surface area (Å²) in [7, 11) is 1.50. The summed E-state index contributed by atoms with van der Waals surface area (Å²) in [4.78, 5) is 24.3. The van der Waals surface area contributed by atoms with Gasteiger partial charge in [-0.15, -0.1) is 0 Å². The van der Waals surface area contributed by atoms with E-state index in [4.69, 9.17) is 32.7 Å². The van der Waals surface area contributed by atoms with Gasteiger partial charge in [-0.2, -0.15) is 0 Å². The standard InChI is InChI=1S/C18H17Cl2NO4/c1-11(18(23)21-15-8-3-4-9-16(15)24-2)25-17(22)10-12-13(19)6-5-7-14(12)20/h3-9,11H,10H2,1-2H3,(H,21,23)/t11-/m1/s1. The third-order valence-corrected chi connectivity index (χ3v) is 4.13. The number of carbonyl (C=O) groups is 2. The van der Waals surface area contributed by atoms with Crippen LogP contribution in [0.5, 0.6) is 5.75 Å². The number of hydrogen-bond donors (Lipinski definition) is 1. The Morgan fingerprint density at radius 1 is 1.08 bits per heavy atom. The van der Waals surface area contributed by atoms with E-state index in [1.54, 1.807) is 42.5 Å². The Morgan fingerprint density at radius 3 is 2.36 bits per heavy atom. The number of esters is 1. The SMILES string of the molecule is COc1ccccc1NC(=O)[C@@H](C)OC(=O)Cc1c(Cl)cccc1Cl. The molecule has 0 aliphatic heterocycles. The van der Waals surface area contributed by atoms with Crippen molar-refractivity contribution < 1.29 is 19.1 Å². The molecule has 1 amide bonds. The van der Waals surface area contributed by atoms with Gasteiger partial charge in [-0.3, -0.25) is 9.59 Å². The molecule has 0 saturated carbocycles. The highest BCUT2D eigenvalue weighted by Crippen LogP contribution is 2.25. The average Bonchev–Trinajstić information content (AvgIpc) is 2.58. The van der Waals surface area contributed by atoms with E-state index < -0.39 is 18.0 Å². The fourth-order valence-corrected chi connectivity index (χ4v) is 2.65. The maximum atomic E-state index is 12.2. The molecule has 2 aromatic carbocycles. The second-order valence-corrected chi connectivity index (χ2v) is 6.01. The predicted octanol–water partition coefficient (Wildman–Crippen LogP) is 4.11. The molecule has 0 aliphatic carbocycles. The van der Waals surface area contributed by atoms with E-state index in [9.17, 15) is 9.59 Å². The number of benzene rings is 2. The normalized spacial score (nSPS) is 11.5. The van der Waals surface area contributed by atoms with Crippen molar-refractivity contribution in [1.29, 1.82) is 0 Å². The van der Waals surface area contributed by atoms with Crippen LogP contribution in [0.2, 0.25) is 10.0 Å². The van der Waals surface area contributed by atoms with Crippen LogP contribution in [0.4, 0.5) is 5.69 Å². The molecular formula is C18H17Cl2NO4. The molecule has 0 bridgehead atoms. The smallest absolute Gasteiger partial charge is 0.311 e. The number of nitrogens with one attached hydrogen (secondary N) is 1. The quantitative estimate of drug-likeness (QED) is 0.764. The molecular weight excluding hydrogens is 365 g/mol. The van der Waals surface area contributed by atoms with Crippen molar-refractivity contribution >= 4 is 40.8 Å². The minimum Gasteiger partial charge on any atom is -0.495 e. The van der Waals surface area contributed by atoms with Crippen molar-refractivity contribution in [3.05, 3.63) is 58.1 Å². The molecule has 0 fully saturated rings. The molecule has 2 aromatic rings. The van der Waals surface area contributed by atoms with E-state index in [-0.39, 0.29) is 6.42 Å². The first-order chi connectivity index (χ1) is 11.9. The number of methoxy groups -OCH3 is 1. The Morgan fingerprint density at radius 2 is 1.72 bits per heavy atom. The zero-order valence-corrected chi connectivity index (χ0v) is 15.2. The van der Waals surface area contributed by atoms with Crippen molar-refractivity contribution in [3.63, 3.8) is 0 Å². The summed E-state index contributed by atoms with van der Waals surface area (Å²) in [5.41, 5.74) is 0.959. The molecule has 0 spiro atoms. The molecule has 1 N–H and O–H groups in total. The zero-order chi connectivity index (χ0) is 18.4. The van der Waals surface area contributed by atoms with Crippen molar-refractivity contribution in [2.24, 2.45) is 0 Å². The van der Waals surface area contributed by atoms with Gasteiger partial charge in [-0.05, 0) is 31.2 Å². The van der Waals surface area contributed by atoms with Gasteiger partial charge in [-0.1, -0.05) is 41.4 Å². The fourth-order valence-electron chi connectivity index (χ4n) is 2.12. The topological polar surface area (TPSA) is 64.6 Å². The van der Waals surface area contributed by atoms with E-state index >= 15 is 0 Å². The lowest BCUT2D eigenvalue weighted by Gasteiger charge is -2.15. The first-order valence-corrected chi connectivity index (χ1v) is 8.24. The summed E-state index contributed by atoms with van der Waals surface area (Å²) in [6.45, 7) is 1.48. The van der Waals surface area contributed by atoms with Crippen molar-refractivity contribution in [2.75, 3.05) is 12.4 Å². The molecule has 5 nitrogen and oxygen atoms in total. The van der Waals surface area contributed by atoms with Crippen LogP contribution in [0.25, 0.3) is 0 Å². The van der Waals surface area contributed by atoms with Gasteiger partial charge in [0.05, 0.1) is 19.2 Å². The van der Waals surface area contributed by atoms with Gasteiger partial charge in [0.2, 0.25) is 0 Å². The summed E-state index contributed by atoms with van der Waals surface area (Å²) in [6, 6.07) is 11.9. The highest BCUT2D eigenvalue weighted by molar-refractivity contribution is 6.36. The summed E-state index contributed by atoms with van der Waals surface area (Å²) in [5.74, 6) is -0.557. The maximum absolute atomic E-state index is 12.2. The molecule has 132 valence electrons. The second-order valence-electron chi connectivity index (χ2n) is 5.20. The molecule has 0 heterocycles. The first-order valence-electron chi connectivity index (χ1n) is 7.48. The molecule has 0 unspecified atom stereocenters. The largest absolute Gasteiger partial charge is 0.495 e. The van der Waals surface area contributed by atoms with Crippen LogP contribution in [-0.4, -0.2) is 25.1 Å². The van der Waals surface area contributed by atoms with Crippen molar-refractivity contribution in [1.82, 2.24) is 0 Å². The molecule has 7 heteroatoms. The van der Waals surface area contributed by atoms with Gasteiger partial charge in [0, 0.05) is 15.6 Å². The summed E-state index contributed by atoms with van der Waals surface area (Å²) in [5, 5.41) is 3.40. The molecule has 0 aromatic heterocycles. The monoisotopic (exact) mass is 381 g/mol. The van der Waals surface area contributed by atoms with Crippen LogP contribution >= 0.6 is 23.2 Å². The molecule has 1 atom stereocenters. The number of amides is 1. The Labute approximate surface area is 155 Å². The fraction of sp³-hybridized carbons (Fsp3) is 0.222. The van der Waals surface area contributed by atoms with Gasteiger partial charge in [0.25, 0.3) is 5.91 Å². The van der Waals surface area contributed by atoms with Gasteiger partial charge < -0.3 is 14.8 Å². The highest BCUT2D eigenvalue weighted by atomic mass is 35.5. The summed E-state index contributed by atoms with van der Waals surface area (Å²) >= 11 is 12.1. The van der Waals surface area contributed by atoms with Gasteiger partial charge in [0.15, 0.2) is 6.10 Å². The first kappa shape index (κ1) is 19.1.